The van der Waals surface area contributed by atoms with Crippen molar-refractivity contribution in [3.05, 3.63) is 71.9 Å². The number of aryl methyl sites for hydroxylation is 1. The fraction of sp³-hybridized carbons (Fsp3) is 0.222. The first kappa shape index (κ1) is 16.4. The average molecular weight is 341 g/mol. The molecule has 2 aromatic carbocycles. The minimum Gasteiger partial charge on any atom is -0.423 e. The normalized spacial score (nSPS) is 12.0. The van der Waals surface area contributed by atoms with E-state index in [1.165, 1.54) is 0 Å². The summed E-state index contributed by atoms with van der Waals surface area (Å²) in [5.41, 5.74) is 1.95. The highest BCUT2D eigenvalue weighted by atomic mass is 32.2. The molecule has 0 aliphatic rings. The van der Waals surface area contributed by atoms with Crippen LogP contribution in [0.2, 0.25) is 0 Å². The van der Waals surface area contributed by atoms with Crippen molar-refractivity contribution in [2.75, 3.05) is 5.32 Å². The highest BCUT2D eigenvalue weighted by Crippen LogP contribution is 2.16. The molecule has 3 rings (SSSR count). The van der Waals surface area contributed by atoms with Gasteiger partial charge < -0.3 is 9.73 Å². The molecule has 0 bridgehead atoms. The Bertz CT molecular complexity index is 818. The van der Waals surface area contributed by atoms with Gasteiger partial charge in [-0.2, -0.15) is 0 Å². The highest BCUT2D eigenvalue weighted by Gasteiger charge is 2.07. The standard InChI is InChI=1S/C18H19N3O2S/c1-2-17-20-21-18(23-17)12-19-15-8-6-7-14(11-15)13-24(22)16-9-4-3-5-10-16/h3-11,19H,2,12-13H2,1H3. The molecule has 1 unspecified atom stereocenters. The minimum atomic E-state index is -1.05. The molecule has 0 saturated heterocycles. The Morgan fingerprint density at radius 2 is 1.83 bits per heavy atom. The number of rotatable bonds is 7. The second-order valence-electron chi connectivity index (χ2n) is 5.30. The van der Waals surface area contributed by atoms with Gasteiger partial charge in [0.15, 0.2) is 0 Å². The number of aromatic nitrogens is 2. The molecule has 1 N–H and O–H groups in total. The van der Waals surface area contributed by atoms with Crippen LogP contribution in [0.15, 0.2) is 63.9 Å². The van der Waals surface area contributed by atoms with E-state index in [2.05, 4.69) is 15.5 Å². The van der Waals surface area contributed by atoms with Crippen molar-refractivity contribution in [1.82, 2.24) is 10.2 Å². The summed E-state index contributed by atoms with van der Waals surface area (Å²) >= 11 is 0. The number of hydrogen-bond donors (Lipinski definition) is 1. The number of nitrogens with one attached hydrogen (secondary N) is 1. The average Bonchev–Trinajstić information content (AvgIpc) is 3.09. The summed E-state index contributed by atoms with van der Waals surface area (Å²) in [4.78, 5) is 0.841. The third-order valence-electron chi connectivity index (χ3n) is 3.49. The molecular weight excluding hydrogens is 322 g/mol. The van der Waals surface area contributed by atoms with Gasteiger partial charge in [-0.1, -0.05) is 37.3 Å². The van der Waals surface area contributed by atoms with Crippen molar-refractivity contribution in [2.24, 2.45) is 0 Å². The maximum atomic E-state index is 12.4. The van der Waals surface area contributed by atoms with Crippen molar-refractivity contribution in [2.45, 2.75) is 30.5 Å². The third-order valence-corrected chi connectivity index (χ3v) is 4.88. The third kappa shape index (κ3) is 4.29. The molecule has 0 spiro atoms. The van der Waals surface area contributed by atoms with Gasteiger partial charge in [-0.3, -0.25) is 4.21 Å². The van der Waals surface area contributed by atoms with Crippen LogP contribution in [0.5, 0.6) is 0 Å². The molecule has 0 amide bonds. The molecule has 124 valence electrons. The molecule has 0 saturated carbocycles. The molecule has 3 aromatic rings. The van der Waals surface area contributed by atoms with Crippen molar-refractivity contribution in [1.29, 1.82) is 0 Å². The SMILES string of the molecule is CCc1nnc(CNc2cccc(CS(=O)c3ccccc3)c2)o1. The summed E-state index contributed by atoms with van der Waals surface area (Å²) in [6.45, 7) is 2.44. The van der Waals surface area contributed by atoms with Gasteiger partial charge in [0.2, 0.25) is 11.8 Å². The Morgan fingerprint density at radius 3 is 2.58 bits per heavy atom. The Labute approximate surface area is 143 Å². The van der Waals surface area contributed by atoms with Crippen LogP contribution >= 0.6 is 0 Å². The lowest BCUT2D eigenvalue weighted by Gasteiger charge is -2.07. The second-order valence-corrected chi connectivity index (χ2v) is 6.75. The molecule has 1 aromatic heterocycles. The zero-order valence-corrected chi connectivity index (χ0v) is 14.3. The molecule has 0 aliphatic heterocycles. The highest BCUT2D eigenvalue weighted by molar-refractivity contribution is 7.84. The second kappa shape index (κ2) is 7.88. The lowest BCUT2D eigenvalue weighted by atomic mass is 10.2. The van der Waals surface area contributed by atoms with Crippen LogP contribution in [0.25, 0.3) is 0 Å². The predicted octanol–water partition coefficient (Wildman–Crippen LogP) is 3.55. The first-order valence-corrected chi connectivity index (χ1v) is 9.14. The number of benzene rings is 2. The summed E-state index contributed by atoms with van der Waals surface area (Å²) in [7, 11) is -1.05. The van der Waals surface area contributed by atoms with E-state index in [4.69, 9.17) is 4.42 Å². The zero-order valence-electron chi connectivity index (χ0n) is 13.4. The Hall–Kier alpha value is -2.47. The minimum absolute atomic E-state index is 0.470. The van der Waals surface area contributed by atoms with Crippen molar-refractivity contribution >= 4 is 16.5 Å². The Kier molecular flexibility index (Phi) is 5.38. The molecule has 0 fully saturated rings. The van der Waals surface area contributed by atoms with Gasteiger partial charge in [-0.15, -0.1) is 10.2 Å². The van der Waals surface area contributed by atoms with E-state index in [0.29, 0.717) is 24.1 Å². The van der Waals surface area contributed by atoms with E-state index in [1.807, 2.05) is 61.5 Å². The van der Waals surface area contributed by atoms with Gasteiger partial charge in [-0.05, 0) is 29.8 Å². The zero-order chi connectivity index (χ0) is 16.8. The summed E-state index contributed by atoms with van der Waals surface area (Å²) in [6.07, 6.45) is 0.730. The topological polar surface area (TPSA) is 68.0 Å². The van der Waals surface area contributed by atoms with Gasteiger partial charge >= 0.3 is 0 Å². The first-order chi connectivity index (χ1) is 11.7. The maximum absolute atomic E-state index is 12.4. The van der Waals surface area contributed by atoms with Crippen LogP contribution in [-0.4, -0.2) is 14.4 Å². The molecule has 0 aliphatic carbocycles. The van der Waals surface area contributed by atoms with Gasteiger partial charge in [0.1, 0.15) is 0 Å². The monoisotopic (exact) mass is 341 g/mol. The molecular formula is C18H19N3O2S. The van der Waals surface area contributed by atoms with Crippen molar-refractivity contribution in [3.63, 3.8) is 0 Å². The van der Waals surface area contributed by atoms with Gasteiger partial charge in [0, 0.05) is 17.0 Å². The lowest BCUT2D eigenvalue weighted by molar-refractivity contribution is 0.460. The van der Waals surface area contributed by atoms with Crippen LogP contribution in [0.3, 0.4) is 0 Å². The van der Waals surface area contributed by atoms with E-state index in [0.717, 1.165) is 22.6 Å². The number of nitrogens with zero attached hydrogens (tertiary/aromatic N) is 2. The fourth-order valence-electron chi connectivity index (χ4n) is 2.26. The summed E-state index contributed by atoms with van der Waals surface area (Å²) in [5.74, 6) is 1.68. The van der Waals surface area contributed by atoms with Crippen LogP contribution in [0, 0.1) is 0 Å². The molecule has 5 nitrogen and oxygen atoms in total. The largest absolute Gasteiger partial charge is 0.423 e. The Morgan fingerprint density at radius 1 is 1.04 bits per heavy atom. The summed E-state index contributed by atoms with van der Waals surface area (Å²) < 4.78 is 17.9. The molecule has 1 atom stereocenters. The van der Waals surface area contributed by atoms with Gasteiger partial charge in [0.25, 0.3) is 0 Å². The van der Waals surface area contributed by atoms with E-state index in [9.17, 15) is 4.21 Å². The maximum Gasteiger partial charge on any atom is 0.235 e. The molecule has 0 radical (unpaired) electrons. The van der Waals surface area contributed by atoms with Crippen LogP contribution in [0.1, 0.15) is 24.3 Å². The Balaban J connectivity index is 1.62. The molecule has 6 heteroatoms. The summed E-state index contributed by atoms with van der Waals surface area (Å²) in [5, 5.41) is 11.2. The van der Waals surface area contributed by atoms with E-state index in [-0.39, 0.29) is 0 Å². The van der Waals surface area contributed by atoms with Crippen LogP contribution < -0.4 is 5.32 Å². The molecule has 24 heavy (non-hydrogen) atoms. The number of hydrogen-bond acceptors (Lipinski definition) is 5. The van der Waals surface area contributed by atoms with Gasteiger partial charge in [-0.25, -0.2) is 0 Å². The van der Waals surface area contributed by atoms with Crippen molar-refractivity contribution in [3.8, 4) is 0 Å². The van der Waals surface area contributed by atoms with E-state index in [1.54, 1.807) is 0 Å². The van der Waals surface area contributed by atoms with Crippen LogP contribution in [0.4, 0.5) is 5.69 Å². The van der Waals surface area contributed by atoms with E-state index < -0.39 is 10.8 Å². The molecule has 1 heterocycles. The van der Waals surface area contributed by atoms with Gasteiger partial charge in [0.05, 0.1) is 23.1 Å². The quantitative estimate of drug-likeness (QED) is 0.712. The van der Waals surface area contributed by atoms with E-state index >= 15 is 0 Å². The first-order valence-electron chi connectivity index (χ1n) is 7.82. The smallest absolute Gasteiger partial charge is 0.235 e. The predicted molar refractivity (Wildman–Crippen MR) is 94.0 cm³/mol. The lowest BCUT2D eigenvalue weighted by Crippen LogP contribution is -2.01. The summed E-state index contributed by atoms with van der Waals surface area (Å²) in [6, 6.07) is 17.4. The number of anilines is 1. The fourth-order valence-corrected chi connectivity index (χ4v) is 3.37. The van der Waals surface area contributed by atoms with Crippen molar-refractivity contribution < 1.29 is 8.63 Å². The van der Waals surface area contributed by atoms with Crippen LogP contribution in [-0.2, 0) is 29.5 Å².